The summed E-state index contributed by atoms with van der Waals surface area (Å²) in [5, 5.41) is 18.7. The molecule has 0 bridgehead atoms. The third kappa shape index (κ3) is 2.93. The van der Waals surface area contributed by atoms with E-state index in [1.807, 2.05) is 6.07 Å². The molecule has 0 aliphatic heterocycles. The van der Waals surface area contributed by atoms with E-state index in [1.165, 1.54) is 12.3 Å². The zero-order valence-corrected chi connectivity index (χ0v) is 12.5. The molecule has 0 spiro atoms. The molecule has 110 valence electrons. The molecule has 22 heavy (non-hydrogen) atoms. The second kappa shape index (κ2) is 5.90. The quantitative estimate of drug-likeness (QED) is 0.523. The number of rotatable bonds is 4. The molecular weight excluding hydrogens is 354 g/mol. The summed E-state index contributed by atoms with van der Waals surface area (Å²) in [6.07, 6.45) is 4.66. The van der Waals surface area contributed by atoms with Gasteiger partial charge in [-0.05, 0) is 28.1 Å². The van der Waals surface area contributed by atoms with Crippen LogP contribution in [0, 0.1) is 10.1 Å². The summed E-state index contributed by atoms with van der Waals surface area (Å²) in [5.41, 5.74) is 0.496. The third-order valence-electron chi connectivity index (χ3n) is 2.71. The highest BCUT2D eigenvalue weighted by Gasteiger charge is 2.18. The van der Waals surface area contributed by atoms with Gasteiger partial charge in [0.1, 0.15) is 5.75 Å². The first-order chi connectivity index (χ1) is 10.6. The minimum absolute atomic E-state index is 0.0797. The molecule has 3 aromatic rings. The fraction of sp³-hybridized carbons (Fsp3) is 0. The maximum absolute atomic E-state index is 11.1. The standard InChI is InChI=1S/C13H8BrN5O3/c14-9-6-12(19(20)21)13(15-8-9)22-11-3-1-2-10(7-11)18-5-4-16-17-18/h1-8H. The molecule has 2 aromatic heterocycles. The number of nitrogens with zero attached hydrogens (tertiary/aromatic N) is 5. The molecule has 1 aromatic carbocycles. The van der Waals surface area contributed by atoms with Crippen LogP contribution < -0.4 is 4.74 Å². The predicted octanol–water partition coefficient (Wildman–Crippen LogP) is 3.13. The van der Waals surface area contributed by atoms with E-state index in [-0.39, 0.29) is 11.6 Å². The van der Waals surface area contributed by atoms with Crippen LogP contribution in [0.1, 0.15) is 0 Å². The Kier molecular flexibility index (Phi) is 3.79. The average Bonchev–Trinajstić information content (AvgIpc) is 3.03. The van der Waals surface area contributed by atoms with Crippen molar-refractivity contribution in [3.05, 3.63) is 63.5 Å². The second-order valence-electron chi connectivity index (χ2n) is 4.18. The fourth-order valence-electron chi connectivity index (χ4n) is 1.77. The number of benzene rings is 1. The van der Waals surface area contributed by atoms with Gasteiger partial charge in [-0.25, -0.2) is 9.67 Å². The van der Waals surface area contributed by atoms with Gasteiger partial charge < -0.3 is 4.74 Å². The minimum Gasteiger partial charge on any atom is -0.434 e. The van der Waals surface area contributed by atoms with E-state index in [0.717, 1.165) is 5.69 Å². The maximum atomic E-state index is 11.1. The van der Waals surface area contributed by atoms with E-state index < -0.39 is 4.92 Å². The molecule has 0 unspecified atom stereocenters. The van der Waals surface area contributed by atoms with E-state index in [4.69, 9.17) is 4.74 Å². The van der Waals surface area contributed by atoms with Gasteiger partial charge in [-0.1, -0.05) is 11.3 Å². The summed E-state index contributed by atoms with van der Waals surface area (Å²) in [4.78, 5) is 14.5. The maximum Gasteiger partial charge on any atom is 0.332 e. The lowest BCUT2D eigenvalue weighted by Gasteiger charge is -2.07. The lowest BCUT2D eigenvalue weighted by atomic mass is 10.3. The van der Waals surface area contributed by atoms with Crippen LogP contribution in [0.25, 0.3) is 5.69 Å². The highest BCUT2D eigenvalue weighted by molar-refractivity contribution is 9.10. The smallest absolute Gasteiger partial charge is 0.332 e. The summed E-state index contributed by atoms with van der Waals surface area (Å²) in [7, 11) is 0. The Hall–Kier alpha value is -2.81. The Morgan fingerprint density at radius 1 is 1.32 bits per heavy atom. The van der Waals surface area contributed by atoms with E-state index in [1.54, 1.807) is 35.3 Å². The van der Waals surface area contributed by atoms with Crippen LogP contribution in [0.5, 0.6) is 11.6 Å². The largest absolute Gasteiger partial charge is 0.434 e. The highest BCUT2D eigenvalue weighted by atomic mass is 79.9. The van der Waals surface area contributed by atoms with E-state index in [0.29, 0.717) is 10.2 Å². The number of halogens is 1. The van der Waals surface area contributed by atoms with Crippen molar-refractivity contribution < 1.29 is 9.66 Å². The van der Waals surface area contributed by atoms with E-state index in [9.17, 15) is 10.1 Å². The van der Waals surface area contributed by atoms with Gasteiger partial charge in [0.05, 0.1) is 23.0 Å². The summed E-state index contributed by atoms with van der Waals surface area (Å²) in [5.74, 6) is 0.329. The van der Waals surface area contributed by atoms with Crippen molar-refractivity contribution in [2.75, 3.05) is 0 Å². The van der Waals surface area contributed by atoms with Crippen LogP contribution in [0.4, 0.5) is 5.69 Å². The Morgan fingerprint density at radius 3 is 2.91 bits per heavy atom. The van der Waals surface area contributed by atoms with Crippen molar-refractivity contribution in [2.24, 2.45) is 0 Å². The van der Waals surface area contributed by atoms with Crippen molar-refractivity contribution in [3.63, 3.8) is 0 Å². The summed E-state index contributed by atoms with van der Waals surface area (Å²) >= 11 is 3.15. The molecule has 9 heteroatoms. The number of hydrogen-bond acceptors (Lipinski definition) is 6. The van der Waals surface area contributed by atoms with E-state index in [2.05, 4.69) is 31.2 Å². The summed E-state index contributed by atoms with van der Waals surface area (Å²) < 4.78 is 7.58. The second-order valence-corrected chi connectivity index (χ2v) is 5.10. The zero-order valence-electron chi connectivity index (χ0n) is 11.0. The molecule has 0 aliphatic rings. The van der Waals surface area contributed by atoms with E-state index >= 15 is 0 Å². The lowest BCUT2D eigenvalue weighted by Crippen LogP contribution is -1.98. The molecule has 0 radical (unpaired) electrons. The molecule has 0 fully saturated rings. The number of hydrogen-bond donors (Lipinski definition) is 0. The van der Waals surface area contributed by atoms with Crippen molar-refractivity contribution in [2.45, 2.75) is 0 Å². The molecule has 0 amide bonds. The zero-order chi connectivity index (χ0) is 15.5. The number of nitro groups is 1. The van der Waals surface area contributed by atoms with Gasteiger partial charge in [-0.3, -0.25) is 10.1 Å². The van der Waals surface area contributed by atoms with Gasteiger partial charge in [0, 0.05) is 22.8 Å². The Morgan fingerprint density at radius 2 is 2.18 bits per heavy atom. The normalized spacial score (nSPS) is 10.4. The summed E-state index contributed by atoms with van der Waals surface area (Å²) in [6.45, 7) is 0. The SMILES string of the molecule is O=[N+]([O-])c1cc(Br)cnc1Oc1cccc(-n2ccnn2)c1. The number of ether oxygens (including phenoxy) is 1. The molecule has 2 heterocycles. The first kappa shape index (κ1) is 14.1. The van der Waals surface area contributed by atoms with Gasteiger partial charge in [-0.2, -0.15) is 0 Å². The minimum atomic E-state index is -0.547. The van der Waals surface area contributed by atoms with Gasteiger partial charge in [0.25, 0.3) is 5.88 Å². The molecule has 0 saturated carbocycles. The van der Waals surface area contributed by atoms with Crippen molar-refractivity contribution >= 4 is 21.6 Å². The van der Waals surface area contributed by atoms with Gasteiger partial charge in [-0.15, -0.1) is 5.10 Å². The molecule has 0 N–H and O–H groups in total. The number of pyridine rings is 1. The Balaban J connectivity index is 1.94. The molecular formula is C13H8BrN5O3. The fourth-order valence-corrected chi connectivity index (χ4v) is 2.09. The van der Waals surface area contributed by atoms with Crippen LogP contribution in [0.15, 0.2) is 53.4 Å². The van der Waals surface area contributed by atoms with Crippen LogP contribution in [0.2, 0.25) is 0 Å². The van der Waals surface area contributed by atoms with Crippen LogP contribution in [-0.4, -0.2) is 24.9 Å². The molecule has 3 rings (SSSR count). The first-order valence-electron chi connectivity index (χ1n) is 6.08. The molecule has 0 atom stereocenters. The topological polar surface area (TPSA) is 96.0 Å². The molecule has 0 aliphatic carbocycles. The van der Waals surface area contributed by atoms with Crippen molar-refractivity contribution in [1.82, 2.24) is 20.0 Å². The Bertz CT molecular complexity index is 822. The van der Waals surface area contributed by atoms with Crippen LogP contribution >= 0.6 is 15.9 Å². The van der Waals surface area contributed by atoms with Gasteiger partial charge in [0.2, 0.25) is 0 Å². The average molecular weight is 362 g/mol. The van der Waals surface area contributed by atoms with Gasteiger partial charge in [0.15, 0.2) is 0 Å². The third-order valence-corrected chi connectivity index (χ3v) is 3.15. The first-order valence-corrected chi connectivity index (χ1v) is 6.87. The van der Waals surface area contributed by atoms with Gasteiger partial charge >= 0.3 is 5.69 Å². The van der Waals surface area contributed by atoms with Crippen LogP contribution in [-0.2, 0) is 0 Å². The molecule has 0 saturated heterocycles. The van der Waals surface area contributed by atoms with Crippen molar-refractivity contribution in [1.29, 1.82) is 0 Å². The molecule has 8 nitrogen and oxygen atoms in total. The monoisotopic (exact) mass is 361 g/mol. The van der Waals surface area contributed by atoms with Crippen LogP contribution in [0.3, 0.4) is 0 Å². The van der Waals surface area contributed by atoms with Crippen molar-refractivity contribution in [3.8, 4) is 17.3 Å². The number of aromatic nitrogens is 4. The predicted molar refractivity (Wildman–Crippen MR) is 80.0 cm³/mol. The Labute approximate surface area is 132 Å². The summed E-state index contributed by atoms with van der Waals surface area (Å²) in [6, 6.07) is 8.25. The lowest BCUT2D eigenvalue weighted by molar-refractivity contribution is -0.386. The highest BCUT2D eigenvalue weighted by Crippen LogP contribution is 2.31.